The van der Waals surface area contributed by atoms with E-state index in [1.165, 1.54) is 24.5 Å². The maximum Gasteiger partial charge on any atom is 0.255 e. The van der Waals surface area contributed by atoms with Crippen molar-refractivity contribution in [3.05, 3.63) is 53.9 Å². The average molecular weight is 305 g/mol. The van der Waals surface area contributed by atoms with E-state index in [0.717, 1.165) is 11.8 Å². The molecule has 6 nitrogen and oxygen atoms in total. The zero-order valence-corrected chi connectivity index (χ0v) is 12.2. The van der Waals surface area contributed by atoms with Crippen LogP contribution >= 0.6 is 0 Å². The van der Waals surface area contributed by atoms with Gasteiger partial charge in [0.15, 0.2) is 9.84 Å². The van der Waals surface area contributed by atoms with Crippen LogP contribution in [0.1, 0.15) is 15.9 Å². The number of carbonyl (C=O) groups excluding carboxylic acids is 1. The molecule has 1 aromatic carbocycles. The predicted octanol–water partition coefficient (Wildman–Crippen LogP) is 0.997. The van der Waals surface area contributed by atoms with Crippen molar-refractivity contribution in [2.75, 3.05) is 12.0 Å². The largest absolute Gasteiger partial charge is 0.398 e. The fraction of sp³-hybridized carbons (Fsp3) is 0.143. The summed E-state index contributed by atoms with van der Waals surface area (Å²) in [6.07, 6.45) is 4.06. The van der Waals surface area contributed by atoms with E-state index in [9.17, 15) is 13.2 Å². The van der Waals surface area contributed by atoms with Crippen molar-refractivity contribution in [3.8, 4) is 0 Å². The van der Waals surface area contributed by atoms with Crippen molar-refractivity contribution < 1.29 is 13.2 Å². The molecular formula is C14H15N3O3S. The van der Waals surface area contributed by atoms with E-state index in [2.05, 4.69) is 10.3 Å². The van der Waals surface area contributed by atoms with Gasteiger partial charge in [-0.15, -0.1) is 0 Å². The molecule has 3 N–H and O–H groups in total. The van der Waals surface area contributed by atoms with E-state index in [0.29, 0.717) is 11.3 Å². The molecule has 110 valence electrons. The number of benzene rings is 1. The average Bonchev–Trinajstić information content (AvgIpc) is 2.45. The SMILES string of the molecule is CS(=O)(=O)c1ccc(CNC(=O)c2cnccc2N)cc1. The summed E-state index contributed by atoms with van der Waals surface area (Å²) >= 11 is 0. The van der Waals surface area contributed by atoms with Gasteiger partial charge in [-0.2, -0.15) is 0 Å². The molecule has 0 atom stereocenters. The maximum absolute atomic E-state index is 11.9. The van der Waals surface area contributed by atoms with Crippen molar-refractivity contribution >= 4 is 21.4 Å². The molecule has 0 aliphatic heterocycles. The van der Waals surface area contributed by atoms with Crippen molar-refractivity contribution in [1.82, 2.24) is 10.3 Å². The van der Waals surface area contributed by atoms with Crippen LogP contribution in [-0.4, -0.2) is 25.6 Å². The fourth-order valence-electron chi connectivity index (χ4n) is 1.73. The molecule has 7 heteroatoms. The third-order valence-electron chi connectivity index (χ3n) is 2.90. The van der Waals surface area contributed by atoms with Crippen molar-refractivity contribution in [3.63, 3.8) is 0 Å². The van der Waals surface area contributed by atoms with Crippen LogP contribution in [0.5, 0.6) is 0 Å². The number of amides is 1. The maximum atomic E-state index is 11.9. The van der Waals surface area contributed by atoms with Crippen LogP contribution in [0.4, 0.5) is 5.69 Å². The van der Waals surface area contributed by atoms with E-state index in [1.807, 2.05) is 0 Å². The summed E-state index contributed by atoms with van der Waals surface area (Å²) in [5, 5.41) is 2.71. The van der Waals surface area contributed by atoms with Crippen LogP contribution in [0.25, 0.3) is 0 Å². The Morgan fingerprint density at radius 2 is 1.90 bits per heavy atom. The van der Waals surface area contributed by atoms with Gasteiger partial charge < -0.3 is 11.1 Å². The minimum Gasteiger partial charge on any atom is -0.398 e. The number of anilines is 1. The Balaban J connectivity index is 2.04. The zero-order chi connectivity index (χ0) is 15.5. The monoisotopic (exact) mass is 305 g/mol. The zero-order valence-electron chi connectivity index (χ0n) is 11.4. The van der Waals surface area contributed by atoms with Gasteiger partial charge in [0.1, 0.15) is 0 Å². The molecule has 2 rings (SSSR count). The van der Waals surface area contributed by atoms with E-state index < -0.39 is 9.84 Å². The number of sulfone groups is 1. The lowest BCUT2D eigenvalue weighted by Crippen LogP contribution is -2.24. The lowest BCUT2D eigenvalue weighted by atomic mass is 10.2. The molecule has 0 aliphatic carbocycles. The van der Waals surface area contributed by atoms with Crippen LogP contribution in [0.3, 0.4) is 0 Å². The van der Waals surface area contributed by atoms with Gasteiger partial charge in [-0.25, -0.2) is 8.42 Å². The summed E-state index contributed by atoms with van der Waals surface area (Å²) in [7, 11) is -3.21. The van der Waals surface area contributed by atoms with Gasteiger partial charge in [-0.1, -0.05) is 12.1 Å². The lowest BCUT2D eigenvalue weighted by Gasteiger charge is -2.07. The smallest absolute Gasteiger partial charge is 0.255 e. The van der Waals surface area contributed by atoms with Crippen LogP contribution in [-0.2, 0) is 16.4 Å². The fourth-order valence-corrected chi connectivity index (χ4v) is 2.36. The Labute approximate surface area is 122 Å². The Hall–Kier alpha value is -2.41. The number of aromatic nitrogens is 1. The van der Waals surface area contributed by atoms with Gasteiger partial charge in [0.2, 0.25) is 0 Å². The first-order valence-corrected chi connectivity index (χ1v) is 8.04. The summed E-state index contributed by atoms with van der Waals surface area (Å²) in [5.74, 6) is -0.326. The van der Waals surface area contributed by atoms with E-state index in [-0.39, 0.29) is 17.3 Å². The summed E-state index contributed by atoms with van der Waals surface area (Å²) in [4.78, 5) is 16.0. The first-order chi connectivity index (χ1) is 9.88. The number of rotatable bonds is 4. The quantitative estimate of drug-likeness (QED) is 0.877. The highest BCUT2D eigenvalue weighted by atomic mass is 32.2. The van der Waals surface area contributed by atoms with Gasteiger partial charge in [-0.05, 0) is 23.8 Å². The van der Waals surface area contributed by atoms with Gasteiger partial charge in [-0.3, -0.25) is 9.78 Å². The number of nitrogens with one attached hydrogen (secondary N) is 1. The van der Waals surface area contributed by atoms with Crippen molar-refractivity contribution in [2.45, 2.75) is 11.4 Å². The van der Waals surface area contributed by atoms with Crippen LogP contribution < -0.4 is 11.1 Å². The van der Waals surface area contributed by atoms with Crippen LogP contribution in [0.15, 0.2) is 47.6 Å². The third-order valence-corrected chi connectivity index (χ3v) is 4.03. The highest BCUT2D eigenvalue weighted by molar-refractivity contribution is 7.90. The highest BCUT2D eigenvalue weighted by Gasteiger charge is 2.10. The summed E-state index contributed by atoms with van der Waals surface area (Å²) in [6, 6.07) is 7.88. The molecule has 21 heavy (non-hydrogen) atoms. The molecule has 1 aromatic heterocycles. The van der Waals surface area contributed by atoms with Crippen molar-refractivity contribution in [2.24, 2.45) is 0 Å². The van der Waals surface area contributed by atoms with E-state index in [1.54, 1.807) is 18.2 Å². The van der Waals surface area contributed by atoms with Crippen LogP contribution in [0, 0.1) is 0 Å². The molecule has 0 spiro atoms. The Kier molecular flexibility index (Phi) is 4.23. The third kappa shape index (κ3) is 3.79. The second kappa shape index (κ2) is 5.92. The first-order valence-electron chi connectivity index (χ1n) is 6.14. The van der Waals surface area contributed by atoms with Gasteiger partial charge in [0.05, 0.1) is 10.5 Å². The minimum atomic E-state index is -3.21. The summed E-state index contributed by atoms with van der Waals surface area (Å²) < 4.78 is 22.7. The predicted molar refractivity (Wildman–Crippen MR) is 79.4 cm³/mol. The topological polar surface area (TPSA) is 102 Å². The van der Waals surface area contributed by atoms with E-state index >= 15 is 0 Å². The number of carbonyl (C=O) groups is 1. The minimum absolute atomic E-state index is 0.245. The molecule has 0 radical (unpaired) electrons. The van der Waals surface area contributed by atoms with Gasteiger partial charge in [0.25, 0.3) is 5.91 Å². The summed E-state index contributed by atoms with van der Waals surface area (Å²) in [5.41, 5.74) is 7.15. The van der Waals surface area contributed by atoms with Gasteiger partial charge in [0, 0.05) is 30.9 Å². The second-order valence-corrected chi connectivity index (χ2v) is 6.58. The highest BCUT2D eigenvalue weighted by Crippen LogP contribution is 2.11. The number of hydrogen-bond acceptors (Lipinski definition) is 5. The number of nitrogen functional groups attached to an aromatic ring is 1. The number of hydrogen-bond donors (Lipinski definition) is 2. The van der Waals surface area contributed by atoms with Crippen molar-refractivity contribution in [1.29, 1.82) is 0 Å². The second-order valence-electron chi connectivity index (χ2n) is 4.56. The first kappa shape index (κ1) is 15.0. The Morgan fingerprint density at radius 1 is 1.24 bits per heavy atom. The standard InChI is InChI=1S/C14H15N3O3S/c1-21(19,20)11-4-2-10(3-5-11)8-17-14(18)12-9-16-7-6-13(12)15/h2-7,9H,8H2,1H3,(H2,15,16)(H,17,18). The molecular weight excluding hydrogens is 290 g/mol. The molecule has 0 saturated heterocycles. The molecule has 0 fully saturated rings. The Morgan fingerprint density at radius 3 is 2.48 bits per heavy atom. The lowest BCUT2D eigenvalue weighted by molar-refractivity contribution is 0.0951. The number of nitrogens with two attached hydrogens (primary N) is 1. The number of pyridine rings is 1. The molecule has 0 aliphatic rings. The normalized spacial score (nSPS) is 11.1. The molecule has 1 amide bonds. The molecule has 2 aromatic rings. The Bertz CT molecular complexity index is 755. The van der Waals surface area contributed by atoms with Gasteiger partial charge >= 0.3 is 0 Å². The van der Waals surface area contributed by atoms with E-state index in [4.69, 9.17) is 5.73 Å². The molecule has 1 heterocycles. The number of nitrogens with zero attached hydrogens (tertiary/aromatic N) is 1. The molecule has 0 unspecified atom stereocenters. The summed E-state index contributed by atoms with van der Waals surface area (Å²) in [6.45, 7) is 0.275. The molecule has 0 saturated carbocycles. The van der Waals surface area contributed by atoms with Crippen LogP contribution in [0.2, 0.25) is 0 Å². The molecule has 0 bridgehead atoms.